The van der Waals surface area contributed by atoms with Gasteiger partial charge < -0.3 is 5.32 Å². The minimum Gasteiger partial charge on any atom is -0.350 e. The minimum absolute atomic E-state index is 0.0833. The molecule has 1 fully saturated rings. The summed E-state index contributed by atoms with van der Waals surface area (Å²) in [6, 6.07) is 6.10. The normalized spacial score (nSPS) is 15.9. The van der Waals surface area contributed by atoms with E-state index in [1.54, 1.807) is 11.3 Å². The molecule has 6 nitrogen and oxygen atoms in total. The van der Waals surface area contributed by atoms with Crippen LogP contribution in [0.15, 0.2) is 35.0 Å². The number of carbonyl (C=O) groups is 1. The summed E-state index contributed by atoms with van der Waals surface area (Å²) in [6.07, 6.45) is 2.34. The van der Waals surface area contributed by atoms with Gasteiger partial charge in [-0.25, -0.2) is 0 Å². The van der Waals surface area contributed by atoms with Crippen LogP contribution in [0.4, 0.5) is 5.69 Å². The summed E-state index contributed by atoms with van der Waals surface area (Å²) < 4.78 is 0. The fourth-order valence-corrected chi connectivity index (χ4v) is 4.03. The van der Waals surface area contributed by atoms with Crippen LogP contribution in [0.3, 0.4) is 0 Å². The van der Waals surface area contributed by atoms with Gasteiger partial charge in [0.05, 0.1) is 21.6 Å². The van der Waals surface area contributed by atoms with Crippen LogP contribution in [0.1, 0.15) is 34.8 Å². The van der Waals surface area contributed by atoms with Crippen LogP contribution in [0.5, 0.6) is 0 Å². The highest BCUT2D eigenvalue weighted by Gasteiger charge is 2.25. The maximum atomic E-state index is 12.5. The molecule has 8 heteroatoms. The molecule has 25 heavy (non-hydrogen) atoms. The molecule has 0 saturated carbocycles. The quantitative estimate of drug-likeness (QED) is 0.610. The lowest BCUT2D eigenvalue weighted by atomic mass is 10.1. The van der Waals surface area contributed by atoms with E-state index >= 15 is 0 Å². The number of hydrogen-bond donors (Lipinski definition) is 1. The van der Waals surface area contributed by atoms with Gasteiger partial charge in [-0.3, -0.25) is 19.8 Å². The number of benzene rings is 1. The summed E-state index contributed by atoms with van der Waals surface area (Å²) in [4.78, 5) is 25.1. The van der Waals surface area contributed by atoms with E-state index < -0.39 is 4.92 Å². The Labute approximate surface area is 154 Å². The van der Waals surface area contributed by atoms with Crippen LogP contribution < -0.4 is 5.32 Å². The molecule has 1 aromatic heterocycles. The van der Waals surface area contributed by atoms with Crippen LogP contribution in [-0.2, 0) is 0 Å². The number of hydrogen-bond acceptors (Lipinski definition) is 5. The smallest absolute Gasteiger partial charge is 0.270 e. The molecule has 3 rings (SSSR count). The number of non-ortho nitro benzene ring substituents is 1. The van der Waals surface area contributed by atoms with Crippen molar-refractivity contribution < 1.29 is 9.72 Å². The second-order valence-corrected chi connectivity index (χ2v) is 7.13. The number of nitrogens with one attached hydrogen (secondary N) is 1. The lowest BCUT2D eigenvalue weighted by molar-refractivity contribution is -0.384. The van der Waals surface area contributed by atoms with Crippen molar-refractivity contribution >= 4 is 34.5 Å². The molecule has 1 amide bonds. The Hall–Kier alpha value is -1.96. The highest BCUT2D eigenvalue weighted by molar-refractivity contribution is 7.07. The maximum Gasteiger partial charge on any atom is 0.270 e. The highest BCUT2D eigenvalue weighted by Crippen LogP contribution is 2.27. The Balaban J connectivity index is 1.70. The summed E-state index contributed by atoms with van der Waals surface area (Å²) in [5.41, 5.74) is 1.31. The molecule has 0 spiro atoms. The van der Waals surface area contributed by atoms with E-state index in [2.05, 4.69) is 21.7 Å². The van der Waals surface area contributed by atoms with E-state index in [-0.39, 0.29) is 28.2 Å². The average molecular weight is 380 g/mol. The van der Waals surface area contributed by atoms with Gasteiger partial charge in [-0.15, -0.1) is 0 Å². The van der Waals surface area contributed by atoms with Crippen molar-refractivity contribution in [3.05, 3.63) is 61.3 Å². The zero-order valence-corrected chi connectivity index (χ0v) is 15.1. The SMILES string of the molecule is O=C(NCC(c1ccsc1)N1CCCC1)c1ccc([N+](=O)[O-])cc1Cl. The fourth-order valence-electron chi connectivity index (χ4n) is 3.06. The van der Waals surface area contributed by atoms with Crippen molar-refractivity contribution in [2.24, 2.45) is 0 Å². The maximum absolute atomic E-state index is 12.5. The fraction of sp³-hybridized carbons (Fsp3) is 0.353. The molecule has 1 aliphatic heterocycles. The van der Waals surface area contributed by atoms with Crippen molar-refractivity contribution in [1.82, 2.24) is 10.2 Å². The number of carbonyl (C=O) groups excluding carboxylic acids is 1. The molecule has 0 aliphatic carbocycles. The number of nitro benzene ring substituents is 1. The van der Waals surface area contributed by atoms with E-state index in [4.69, 9.17) is 11.6 Å². The third kappa shape index (κ3) is 4.18. The van der Waals surface area contributed by atoms with Gasteiger partial charge in [0.15, 0.2) is 0 Å². The first kappa shape index (κ1) is 17.8. The van der Waals surface area contributed by atoms with Crippen LogP contribution in [0, 0.1) is 10.1 Å². The van der Waals surface area contributed by atoms with Gasteiger partial charge in [0, 0.05) is 18.7 Å². The zero-order chi connectivity index (χ0) is 17.8. The first-order valence-electron chi connectivity index (χ1n) is 8.04. The van der Waals surface area contributed by atoms with Gasteiger partial charge in [0.2, 0.25) is 0 Å². The van der Waals surface area contributed by atoms with E-state index in [9.17, 15) is 14.9 Å². The van der Waals surface area contributed by atoms with Crippen LogP contribution in [0.25, 0.3) is 0 Å². The molecular formula is C17H18ClN3O3S. The third-order valence-corrected chi connectivity index (χ3v) is 5.39. The van der Waals surface area contributed by atoms with Crippen LogP contribution >= 0.6 is 22.9 Å². The minimum atomic E-state index is -0.534. The standard InChI is InChI=1S/C17H18ClN3O3S/c18-15-9-13(21(23)24)3-4-14(15)17(22)19-10-16(12-5-8-25-11-12)20-6-1-2-7-20/h3-5,8-9,11,16H,1-2,6-7,10H2,(H,19,22). The number of likely N-dealkylation sites (tertiary alicyclic amines) is 1. The molecule has 1 atom stereocenters. The molecule has 1 N–H and O–H groups in total. The predicted molar refractivity (Wildman–Crippen MR) is 98.3 cm³/mol. The van der Waals surface area contributed by atoms with E-state index in [1.807, 2.05) is 5.38 Å². The Kier molecular flexibility index (Phi) is 5.67. The lowest BCUT2D eigenvalue weighted by Crippen LogP contribution is -2.36. The third-order valence-electron chi connectivity index (χ3n) is 4.37. The molecule has 1 aliphatic rings. The van der Waals surface area contributed by atoms with Gasteiger partial charge >= 0.3 is 0 Å². The zero-order valence-electron chi connectivity index (χ0n) is 13.5. The molecule has 1 aromatic carbocycles. The Morgan fingerprint density at radius 1 is 1.36 bits per heavy atom. The molecule has 1 saturated heterocycles. The highest BCUT2D eigenvalue weighted by atomic mass is 35.5. The van der Waals surface area contributed by atoms with Crippen LogP contribution in [-0.4, -0.2) is 35.4 Å². The summed E-state index contributed by atoms with van der Waals surface area (Å²) in [7, 11) is 0. The largest absolute Gasteiger partial charge is 0.350 e. The molecule has 0 radical (unpaired) electrons. The Morgan fingerprint density at radius 2 is 2.12 bits per heavy atom. The molecule has 0 bridgehead atoms. The summed E-state index contributed by atoms with van der Waals surface area (Å²) >= 11 is 7.68. The molecule has 2 heterocycles. The average Bonchev–Trinajstić information content (AvgIpc) is 3.28. The Bertz CT molecular complexity index is 761. The molecular weight excluding hydrogens is 362 g/mol. The van der Waals surface area contributed by atoms with Crippen molar-refractivity contribution in [2.75, 3.05) is 19.6 Å². The van der Waals surface area contributed by atoms with Gasteiger partial charge in [-0.1, -0.05) is 11.6 Å². The van der Waals surface area contributed by atoms with Gasteiger partial charge in [0.25, 0.3) is 11.6 Å². The number of thiophene rings is 1. The first-order valence-corrected chi connectivity index (χ1v) is 9.36. The van der Waals surface area contributed by atoms with E-state index in [0.717, 1.165) is 13.1 Å². The lowest BCUT2D eigenvalue weighted by Gasteiger charge is -2.27. The second-order valence-electron chi connectivity index (χ2n) is 5.95. The Morgan fingerprint density at radius 3 is 2.72 bits per heavy atom. The number of rotatable bonds is 6. The predicted octanol–water partition coefficient (Wildman–Crippen LogP) is 3.88. The van der Waals surface area contributed by atoms with Crippen molar-refractivity contribution in [1.29, 1.82) is 0 Å². The van der Waals surface area contributed by atoms with Gasteiger partial charge in [-0.2, -0.15) is 11.3 Å². The first-order chi connectivity index (χ1) is 12.1. The van der Waals surface area contributed by atoms with Gasteiger partial charge in [-0.05, 0) is 54.4 Å². The van der Waals surface area contributed by atoms with E-state index in [0.29, 0.717) is 6.54 Å². The summed E-state index contributed by atoms with van der Waals surface area (Å²) in [6.45, 7) is 2.52. The monoisotopic (exact) mass is 379 g/mol. The number of amides is 1. The summed E-state index contributed by atoms with van der Waals surface area (Å²) in [5.74, 6) is -0.320. The van der Waals surface area contributed by atoms with Gasteiger partial charge in [0.1, 0.15) is 0 Å². The topological polar surface area (TPSA) is 75.5 Å². The number of nitrogens with zero attached hydrogens (tertiary/aromatic N) is 2. The number of nitro groups is 1. The van der Waals surface area contributed by atoms with E-state index in [1.165, 1.54) is 36.6 Å². The van der Waals surface area contributed by atoms with Crippen molar-refractivity contribution in [3.8, 4) is 0 Å². The molecule has 1 unspecified atom stereocenters. The molecule has 132 valence electrons. The van der Waals surface area contributed by atoms with Crippen molar-refractivity contribution in [3.63, 3.8) is 0 Å². The summed E-state index contributed by atoms with van der Waals surface area (Å²) in [5, 5.41) is 17.9. The molecule has 2 aromatic rings. The number of halogens is 1. The second kappa shape index (κ2) is 7.95. The van der Waals surface area contributed by atoms with Crippen LogP contribution in [0.2, 0.25) is 5.02 Å². The van der Waals surface area contributed by atoms with Crippen molar-refractivity contribution in [2.45, 2.75) is 18.9 Å².